The molecule has 0 aromatic heterocycles. The average Bonchev–Trinajstić information content (AvgIpc) is 2.41. The second-order valence-electron chi connectivity index (χ2n) is 5.53. The van der Waals surface area contributed by atoms with Crippen molar-refractivity contribution < 1.29 is 9.90 Å². The van der Waals surface area contributed by atoms with E-state index >= 15 is 0 Å². The van der Waals surface area contributed by atoms with E-state index in [-0.39, 0.29) is 17.9 Å². The van der Waals surface area contributed by atoms with E-state index in [4.69, 9.17) is 0 Å². The second kappa shape index (κ2) is 6.71. The van der Waals surface area contributed by atoms with Crippen LogP contribution in [0.15, 0.2) is 24.3 Å². The van der Waals surface area contributed by atoms with Gasteiger partial charge in [-0.1, -0.05) is 29.8 Å². The number of aliphatic hydroxyl groups excluding tert-OH is 1. The van der Waals surface area contributed by atoms with E-state index < -0.39 is 0 Å². The van der Waals surface area contributed by atoms with Crippen molar-refractivity contribution in [2.24, 2.45) is 5.92 Å². The molecule has 0 saturated heterocycles. The summed E-state index contributed by atoms with van der Waals surface area (Å²) in [6.45, 7) is 2.77. The van der Waals surface area contributed by atoms with E-state index in [1.807, 2.05) is 0 Å². The zero-order chi connectivity index (χ0) is 13.7. The van der Waals surface area contributed by atoms with Gasteiger partial charge >= 0.3 is 0 Å². The van der Waals surface area contributed by atoms with Crippen LogP contribution in [0.3, 0.4) is 0 Å². The Morgan fingerprint density at radius 3 is 2.47 bits per heavy atom. The van der Waals surface area contributed by atoms with Gasteiger partial charge < -0.3 is 10.4 Å². The number of carbonyl (C=O) groups excluding carboxylic acids is 1. The van der Waals surface area contributed by atoms with Gasteiger partial charge in [-0.15, -0.1) is 0 Å². The average molecular weight is 261 g/mol. The van der Waals surface area contributed by atoms with E-state index in [0.717, 1.165) is 32.1 Å². The lowest BCUT2D eigenvalue weighted by atomic mass is 9.87. The Labute approximate surface area is 115 Å². The summed E-state index contributed by atoms with van der Waals surface area (Å²) < 4.78 is 0. The maximum atomic E-state index is 12.0. The highest BCUT2D eigenvalue weighted by molar-refractivity contribution is 5.78. The van der Waals surface area contributed by atoms with E-state index in [9.17, 15) is 9.90 Å². The maximum Gasteiger partial charge on any atom is 0.223 e. The minimum Gasteiger partial charge on any atom is -0.393 e. The second-order valence-corrected chi connectivity index (χ2v) is 5.53. The van der Waals surface area contributed by atoms with Gasteiger partial charge in [-0.05, 0) is 44.6 Å². The first-order chi connectivity index (χ1) is 9.15. The number of hydrogen-bond donors (Lipinski definition) is 2. The monoisotopic (exact) mass is 261 g/mol. The van der Waals surface area contributed by atoms with Gasteiger partial charge in [-0.25, -0.2) is 0 Å². The van der Waals surface area contributed by atoms with Crippen LogP contribution in [0.25, 0.3) is 0 Å². The molecule has 2 rings (SSSR count). The SMILES string of the molecule is Cc1ccc(CCNC(=O)C2CCC(O)CC2)cc1. The van der Waals surface area contributed by atoms with Gasteiger partial charge in [0.2, 0.25) is 5.91 Å². The summed E-state index contributed by atoms with van der Waals surface area (Å²) in [4.78, 5) is 12.0. The number of carbonyl (C=O) groups is 1. The van der Waals surface area contributed by atoms with Crippen molar-refractivity contribution in [3.05, 3.63) is 35.4 Å². The molecule has 0 aliphatic heterocycles. The third kappa shape index (κ3) is 4.35. The minimum atomic E-state index is -0.198. The number of benzene rings is 1. The van der Waals surface area contributed by atoms with Gasteiger partial charge in [0.05, 0.1) is 6.10 Å². The molecule has 3 heteroatoms. The van der Waals surface area contributed by atoms with Crippen LogP contribution in [0.2, 0.25) is 0 Å². The van der Waals surface area contributed by atoms with Crippen molar-refractivity contribution in [3.63, 3.8) is 0 Å². The zero-order valence-electron chi connectivity index (χ0n) is 11.6. The van der Waals surface area contributed by atoms with Crippen molar-refractivity contribution >= 4 is 5.91 Å². The van der Waals surface area contributed by atoms with Gasteiger partial charge in [0.1, 0.15) is 0 Å². The molecule has 0 bridgehead atoms. The van der Waals surface area contributed by atoms with Crippen LogP contribution < -0.4 is 5.32 Å². The number of aryl methyl sites for hydroxylation is 1. The number of nitrogens with one attached hydrogen (secondary N) is 1. The molecule has 1 aliphatic rings. The molecule has 0 radical (unpaired) electrons. The van der Waals surface area contributed by atoms with Crippen molar-refractivity contribution in [2.45, 2.75) is 45.1 Å². The topological polar surface area (TPSA) is 49.3 Å². The number of rotatable bonds is 4. The Morgan fingerprint density at radius 2 is 1.84 bits per heavy atom. The largest absolute Gasteiger partial charge is 0.393 e. The fourth-order valence-corrected chi connectivity index (χ4v) is 2.57. The Balaban J connectivity index is 1.70. The van der Waals surface area contributed by atoms with Crippen LogP contribution >= 0.6 is 0 Å². The van der Waals surface area contributed by atoms with E-state index in [0.29, 0.717) is 6.54 Å². The van der Waals surface area contributed by atoms with Crippen LogP contribution in [0.4, 0.5) is 0 Å². The molecular formula is C16H23NO2. The quantitative estimate of drug-likeness (QED) is 0.873. The number of hydrogen-bond acceptors (Lipinski definition) is 2. The van der Waals surface area contributed by atoms with E-state index in [2.05, 4.69) is 36.5 Å². The first-order valence-corrected chi connectivity index (χ1v) is 7.16. The number of amides is 1. The van der Waals surface area contributed by atoms with Crippen LogP contribution in [-0.4, -0.2) is 23.7 Å². The van der Waals surface area contributed by atoms with Crippen LogP contribution in [0.5, 0.6) is 0 Å². The lowest BCUT2D eigenvalue weighted by Gasteiger charge is -2.24. The summed E-state index contributed by atoms with van der Waals surface area (Å²) in [5.41, 5.74) is 2.51. The summed E-state index contributed by atoms with van der Waals surface area (Å²) in [5, 5.41) is 12.4. The third-order valence-electron chi connectivity index (χ3n) is 3.90. The first-order valence-electron chi connectivity index (χ1n) is 7.16. The van der Waals surface area contributed by atoms with E-state index in [1.54, 1.807) is 0 Å². The smallest absolute Gasteiger partial charge is 0.223 e. The summed E-state index contributed by atoms with van der Waals surface area (Å²) >= 11 is 0. The predicted octanol–water partition coefficient (Wildman–Crippen LogP) is 2.20. The fraction of sp³-hybridized carbons (Fsp3) is 0.562. The summed E-state index contributed by atoms with van der Waals surface area (Å²) in [7, 11) is 0. The molecule has 1 saturated carbocycles. The summed E-state index contributed by atoms with van der Waals surface area (Å²) in [5.74, 6) is 0.250. The Kier molecular flexibility index (Phi) is 4.97. The molecule has 1 fully saturated rings. The Hall–Kier alpha value is -1.35. The summed E-state index contributed by atoms with van der Waals surface area (Å²) in [6, 6.07) is 8.41. The predicted molar refractivity (Wildman–Crippen MR) is 75.9 cm³/mol. The Morgan fingerprint density at radius 1 is 1.21 bits per heavy atom. The highest BCUT2D eigenvalue weighted by Gasteiger charge is 2.24. The van der Waals surface area contributed by atoms with Crippen molar-refractivity contribution in [1.82, 2.24) is 5.32 Å². The molecule has 1 aromatic carbocycles. The Bertz CT molecular complexity index is 405. The molecule has 0 unspecified atom stereocenters. The zero-order valence-corrected chi connectivity index (χ0v) is 11.6. The van der Waals surface area contributed by atoms with Gasteiger partial charge in [-0.3, -0.25) is 4.79 Å². The summed E-state index contributed by atoms with van der Waals surface area (Å²) in [6.07, 6.45) is 3.83. The molecule has 0 heterocycles. The maximum absolute atomic E-state index is 12.0. The van der Waals surface area contributed by atoms with Gasteiger partial charge in [0.15, 0.2) is 0 Å². The van der Waals surface area contributed by atoms with Gasteiger partial charge in [0, 0.05) is 12.5 Å². The molecule has 3 nitrogen and oxygen atoms in total. The van der Waals surface area contributed by atoms with Crippen LogP contribution in [-0.2, 0) is 11.2 Å². The normalized spacial score (nSPS) is 23.1. The molecular weight excluding hydrogens is 238 g/mol. The molecule has 2 N–H and O–H groups in total. The first kappa shape index (κ1) is 14.1. The van der Waals surface area contributed by atoms with Gasteiger partial charge in [0.25, 0.3) is 0 Å². The number of aliphatic hydroxyl groups is 1. The molecule has 1 amide bonds. The lowest BCUT2D eigenvalue weighted by Crippen LogP contribution is -2.35. The van der Waals surface area contributed by atoms with Crippen LogP contribution in [0, 0.1) is 12.8 Å². The third-order valence-corrected chi connectivity index (χ3v) is 3.90. The fourth-order valence-electron chi connectivity index (χ4n) is 2.57. The van der Waals surface area contributed by atoms with Crippen LogP contribution in [0.1, 0.15) is 36.8 Å². The van der Waals surface area contributed by atoms with Crippen molar-refractivity contribution in [1.29, 1.82) is 0 Å². The van der Waals surface area contributed by atoms with Gasteiger partial charge in [-0.2, -0.15) is 0 Å². The van der Waals surface area contributed by atoms with Crippen molar-refractivity contribution in [2.75, 3.05) is 6.54 Å². The molecule has 0 spiro atoms. The molecule has 19 heavy (non-hydrogen) atoms. The lowest BCUT2D eigenvalue weighted by molar-refractivity contribution is -0.126. The highest BCUT2D eigenvalue weighted by atomic mass is 16.3. The van der Waals surface area contributed by atoms with Crippen molar-refractivity contribution in [3.8, 4) is 0 Å². The van der Waals surface area contributed by atoms with E-state index in [1.165, 1.54) is 11.1 Å². The molecule has 104 valence electrons. The molecule has 1 aliphatic carbocycles. The molecule has 0 atom stereocenters. The molecule has 1 aromatic rings. The standard InChI is InChI=1S/C16H23NO2/c1-12-2-4-13(5-3-12)10-11-17-16(19)14-6-8-15(18)9-7-14/h2-5,14-15,18H,6-11H2,1H3,(H,17,19). The minimum absolute atomic E-state index is 0.0985. The highest BCUT2D eigenvalue weighted by Crippen LogP contribution is 2.24.